The van der Waals surface area contributed by atoms with Gasteiger partial charge in [0, 0.05) is 17.8 Å². The zero-order valence-electron chi connectivity index (χ0n) is 9.92. The number of fused-ring (bicyclic) bond motifs is 1. The van der Waals surface area contributed by atoms with E-state index >= 15 is 0 Å². The Morgan fingerprint density at radius 3 is 2.89 bits per heavy atom. The Kier molecular flexibility index (Phi) is 6.74. The van der Waals surface area contributed by atoms with Crippen LogP contribution < -0.4 is 0 Å². The second kappa shape index (κ2) is 7.81. The molecule has 0 saturated heterocycles. The number of hydrogen-bond donors (Lipinski definition) is 2. The molecular formula is C14H13NOVW-2. The molecule has 1 unspecified atom stereocenters. The van der Waals surface area contributed by atoms with Gasteiger partial charge in [0.1, 0.15) is 0 Å². The van der Waals surface area contributed by atoms with E-state index in [2.05, 4.69) is 25.1 Å². The van der Waals surface area contributed by atoms with Gasteiger partial charge in [0.2, 0.25) is 0 Å². The number of nitrogens with one attached hydrogen (secondary N) is 1. The molecule has 2 aromatic rings. The number of aromatic nitrogens is 1. The molecule has 2 nitrogen and oxygen atoms in total. The van der Waals surface area contributed by atoms with E-state index in [0.29, 0.717) is 5.57 Å². The Morgan fingerprint density at radius 1 is 1.50 bits per heavy atom. The molecule has 0 radical (unpaired) electrons. The molecule has 0 fully saturated rings. The maximum absolute atomic E-state index is 9.97. The van der Waals surface area contributed by atoms with Gasteiger partial charge in [0.05, 0.1) is 0 Å². The van der Waals surface area contributed by atoms with Crippen molar-refractivity contribution in [3.63, 3.8) is 0 Å². The molecule has 1 atom stereocenters. The van der Waals surface area contributed by atoms with Crippen LogP contribution in [0.15, 0.2) is 42.1 Å². The molecule has 2 rings (SSSR count). The molecule has 93 valence electrons. The average Bonchev–Trinajstić information content (AvgIpc) is 2.87. The van der Waals surface area contributed by atoms with Gasteiger partial charge in [-0.2, -0.15) is 0 Å². The minimum absolute atomic E-state index is 0.400. The molecule has 0 aliphatic carbocycles. The van der Waals surface area contributed by atoms with Crippen molar-refractivity contribution < 1.29 is 36.0 Å². The topological polar surface area (TPSA) is 36.0 Å². The molecule has 0 spiro atoms. The van der Waals surface area contributed by atoms with E-state index in [-0.39, 0.29) is 0 Å². The van der Waals surface area contributed by atoms with Crippen LogP contribution in [0.1, 0.15) is 18.6 Å². The van der Waals surface area contributed by atoms with Crippen LogP contribution in [0.25, 0.3) is 10.9 Å². The SMILES string of the molecule is [CH-]=C(C=[C-]C)C(O)c1ccc2[nH]ccc2c1.[V]=[W]. The van der Waals surface area contributed by atoms with Crippen LogP contribution in [-0.2, 0) is 30.9 Å². The van der Waals surface area contributed by atoms with Crippen molar-refractivity contribution in [2.45, 2.75) is 13.0 Å². The number of rotatable bonds is 3. The number of benzene rings is 1. The van der Waals surface area contributed by atoms with Crippen molar-refractivity contribution in [3.8, 4) is 0 Å². The molecule has 1 aromatic carbocycles. The molecule has 1 heterocycles. The van der Waals surface area contributed by atoms with Crippen molar-refractivity contribution >= 4 is 10.9 Å². The molecule has 0 amide bonds. The summed E-state index contributed by atoms with van der Waals surface area (Å²) in [5, 5.41) is 11.0. The minimum atomic E-state index is -0.772. The zero-order chi connectivity index (χ0) is 13.5. The van der Waals surface area contributed by atoms with E-state index in [4.69, 9.17) is 6.58 Å². The fraction of sp³-hybridized carbons (Fsp3) is 0.143. The summed E-state index contributed by atoms with van der Waals surface area (Å²) in [5.41, 5.74) is 2.24. The molecule has 0 bridgehead atoms. The molecular weight excluding hydrogens is 433 g/mol. The van der Waals surface area contributed by atoms with Crippen LogP contribution in [0.5, 0.6) is 0 Å². The fourth-order valence-corrected chi connectivity index (χ4v) is 1.68. The number of aliphatic hydroxyl groups excluding tert-OH is 1. The first-order chi connectivity index (χ1) is 8.72. The molecule has 2 N–H and O–H groups in total. The van der Waals surface area contributed by atoms with E-state index in [1.165, 1.54) is 16.8 Å². The van der Waals surface area contributed by atoms with Crippen molar-refractivity contribution in [2.75, 3.05) is 0 Å². The van der Waals surface area contributed by atoms with E-state index in [0.717, 1.165) is 16.5 Å². The molecule has 18 heavy (non-hydrogen) atoms. The Hall–Kier alpha value is -0.527. The third-order valence-electron chi connectivity index (χ3n) is 2.52. The second-order valence-electron chi connectivity index (χ2n) is 3.66. The third kappa shape index (κ3) is 3.73. The van der Waals surface area contributed by atoms with Gasteiger partial charge in [-0.25, -0.2) is 0 Å². The van der Waals surface area contributed by atoms with Gasteiger partial charge in [0.15, 0.2) is 0 Å². The quantitative estimate of drug-likeness (QED) is 0.553. The molecule has 1 aromatic heterocycles. The van der Waals surface area contributed by atoms with E-state index in [9.17, 15) is 5.11 Å². The van der Waals surface area contributed by atoms with Crippen LogP contribution >= 0.6 is 0 Å². The van der Waals surface area contributed by atoms with E-state index < -0.39 is 6.10 Å². The summed E-state index contributed by atoms with van der Waals surface area (Å²) in [5.74, 6) is 0. The van der Waals surface area contributed by atoms with Crippen molar-refractivity contribution in [1.29, 1.82) is 0 Å². The molecule has 4 heteroatoms. The molecule has 0 aliphatic rings. The summed E-state index contributed by atoms with van der Waals surface area (Å²) in [7, 11) is 0. The standard InChI is InChI=1S/C14H13NO.V.W/c1-3-4-10(2)14(16)12-5-6-13-11(9-12)7-8-15-13;;/h2,4-9,14-16H,1H3;;/q-2;;. The Balaban J connectivity index is 0.000000771. The van der Waals surface area contributed by atoms with Crippen molar-refractivity contribution in [1.82, 2.24) is 4.98 Å². The second-order valence-corrected chi connectivity index (χ2v) is 3.66. The van der Waals surface area contributed by atoms with E-state index in [1.807, 2.05) is 30.5 Å². The van der Waals surface area contributed by atoms with Crippen LogP contribution in [0.3, 0.4) is 0 Å². The first-order valence-electron chi connectivity index (χ1n) is 5.28. The monoisotopic (exact) mass is 446 g/mol. The summed E-state index contributed by atoms with van der Waals surface area (Å²) < 4.78 is 0. The maximum atomic E-state index is 9.97. The fourth-order valence-electron chi connectivity index (χ4n) is 1.68. The normalized spacial score (nSPS) is 12.1. The van der Waals surface area contributed by atoms with Crippen molar-refractivity contribution in [3.05, 3.63) is 60.3 Å². The Morgan fingerprint density at radius 2 is 2.22 bits per heavy atom. The Bertz CT molecular complexity index is 562. The van der Waals surface area contributed by atoms with Gasteiger partial charge in [-0.1, -0.05) is 6.07 Å². The first kappa shape index (κ1) is 15.5. The summed E-state index contributed by atoms with van der Waals surface area (Å²) in [6.45, 7) is 7.46. The summed E-state index contributed by atoms with van der Waals surface area (Å²) in [6, 6.07) is 7.68. The first-order valence-corrected chi connectivity index (χ1v) is 11.3. The van der Waals surface area contributed by atoms with Crippen LogP contribution in [0.4, 0.5) is 0 Å². The van der Waals surface area contributed by atoms with Gasteiger partial charge >= 0.3 is 30.9 Å². The van der Waals surface area contributed by atoms with E-state index in [1.54, 1.807) is 13.0 Å². The van der Waals surface area contributed by atoms with Crippen LogP contribution in [-0.4, -0.2) is 10.1 Å². The number of aromatic amines is 1. The predicted molar refractivity (Wildman–Crippen MR) is 64.6 cm³/mol. The number of hydrogen-bond acceptors (Lipinski definition) is 1. The number of H-pyrrole nitrogens is 1. The summed E-state index contributed by atoms with van der Waals surface area (Å²) >= 11 is 3.92. The number of allylic oxidation sites excluding steroid dienone is 1. The van der Waals surface area contributed by atoms with Crippen molar-refractivity contribution in [2.24, 2.45) is 0 Å². The van der Waals surface area contributed by atoms with Crippen LogP contribution in [0, 0.1) is 12.7 Å². The van der Waals surface area contributed by atoms with Gasteiger partial charge in [-0.05, 0) is 29.1 Å². The molecule has 0 saturated carbocycles. The molecule has 0 aliphatic heterocycles. The van der Waals surface area contributed by atoms with Gasteiger partial charge in [0.25, 0.3) is 0 Å². The predicted octanol–water partition coefficient (Wildman–Crippen LogP) is 2.93. The van der Waals surface area contributed by atoms with Gasteiger partial charge in [-0.15, -0.1) is 6.92 Å². The zero-order valence-corrected chi connectivity index (χ0v) is 14.3. The van der Waals surface area contributed by atoms with Crippen LogP contribution in [0.2, 0.25) is 0 Å². The average molecular weight is 446 g/mol. The van der Waals surface area contributed by atoms with Gasteiger partial charge in [-0.3, -0.25) is 0 Å². The third-order valence-corrected chi connectivity index (χ3v) is 2.52. The summed E-state index contributed by atoms with van der Waals surface area (Å²) in [4.78, 5) is 3.10. The number of aliphatic hydroxyl groups is 1. The summed E-state index contributed by atoms with van der Waals surface area (Å²) in [6.07, 6.45) is 5.48. The Labute approximate surface area is 125 Å². The van der Waals surface area contributed by atoms with Gasteiger partial charge < -0.3 is 34.4 Å².